The van der Waals surface area contributed by atoms with Crippen molar-refractivity contribution in [1.82, 2.24) is 19.7 Å². The van der Waals surface area contributed by atoms with Crippen LogP contribution in [-0.2, 0) is 20.1 Å². The molecule has 1 aliphatic rings. The van der Waals surface area contributed by atoms with E-state index in [-0.39, 0.29) is 0 Å². The van der Waals surface area contributed by atoms with Gasteiger partial charge < -0.3 is 10.5 Å². The molecule has 3 aromatic heterocycles. The first-order valence-corrected chi connectivity index (χ1v) is 10.7. The van der Waals surface area contributed by atoms with E-state index in [2.05, 4.69) is 41.3 Å². The van der Waals surface area contributed by atoms with Crippen LogP contribution in [0.5, 0.6) is 5.75 Å². The van der Waals surface area contributed by atoms with Crippen LogP contribution in [0.25, 0.3) is 22.4 Å². The largest absolute Gasteiger partial charge is 0.485 e. The number of hydrogen-bond acceptors (Lipinski definition) is 7. The molecule has 5 rings (SSSR count). The van der Waals surface area contributed by atoms with Crippen LogP contribution >= 0.6 is 11.3 Å². The van der Waals surface area contributed by atoms with E-state index in [1.54, 1.807) is 22.2 Å². The Labute approximate surface area is 183 Å². The van der Waals surface area contributed by atoms with Crippen LogP contribution in [0, 0.1) is 25.2 Å². The van der Waals surface area contributed by atoms with Gasteiger partial charge in [0.05, 0.1) is 16.4 Å². The summed E-state index contributed by atoms with van der Waals surface area (Å²) in [7, 11) is 1.86. The molecule has 0 saturated carbocycles. The SMILES string of the molecule is Cc1ccc2c(c1)COc1cc(cnc1N)-c1c(C#N)nn(C)c1Cc1sc(C)nc1-2. The number of aromatic nitrogens is 4. The van der Waals surface area contributed by atoms with Crippen LogP contribution in [0.2, 0.25) is 0 Å². The van der Waals surface area contributed by atoms with Crippen LogP contribution in [0.1, 0.15) is 32.4 Å². The number of aryl methyl sites for hydroxylation is 3. The molecule has 0 unspecified atom stereocenters. The minimum Gasteiger partial charge on any atom is -0.485 e. The lowest BCUT2D eigenvalue weighted by Gasteiger charge is -2.16. The van der Waals surface area contributed by atoms with Crippen LogP contribution < -0.4 is 10.5 Å². The number of nitrogen functional groups attached to an aromatic ring is 1. The first-order chi connectivity index (χ1) is 14.9. The zero-order valence-corrected chi connectivity index (χ0v) is 18.2. The number of anilines is 1. The lowest BCUT2D eigenvalue weighted by atomic mass is 9.98. The molecule has 4 aromatic rings. The van der Waals surface area contributed by atoms with Gasteiger partial charge in [0.1, 0.15) is 12.7 Å². The molecule has 0 spiro atoms. The quantitative estimate of drug-likeness (QED) is 0.451. The number of nitriles is 1. The summed E-state index contributed by atoms with van der Waals surface area (Å²) in [4.78, 5) is 10.3. The zero-order chi connectivity index (χ0) is 21.7. The predicted molar refractivity (Wildman–Crippen MR) is 120 cm³/mol. The van der Waals surface area contributed by atoms with Crippen molar-refractivity contribution < 1.29 is 4.74 Å². The van der Waals surface area contributed by atoms with Gasteiger partial charge in [0.15, 0.2) is 17.3 Å². The summed E-state index contributed by atoms with van der Waals surface area (Å²) in [5.41, 5.74) is 13.1. The lowest BCUT2D eigenvalue weighted by Crippen LogP contribution is -2.06. The summed E-state index contributed by atoms with van der Waals surface area (Å²) < 4.78 is 7.90. The Morgan fingerprint density at radius 1 is 1.26 bits per heavy atom. The Hall–Kier alpha value is -3.70. The number of hydrogen-bond donors (Lipinski definition) is 1. The first kappa shape index (κ1) is 19.3. The normalized spacial score (nSPS) is 12.5. The Kier molecular flexibility index (Phi) is 4.49. The second-order valence-corrected chi connectivity index (χ2v) is 8.93. The number of fused-ring (bicyclic) bond motifs is 7. The molecule has 4 heterocycles. The van der Waals surface area contributed by atoms with Gasteiger partial charge in [0.2, 0.25) is 0 Å². The van der Waals surface area contributed by atoms with Crippen LogP contribution in [0.15, 0.2) is 30.5 Å². The van der Waals surface area contributed by atoms with Crippen molar-refractivity contribution >= 4 is 17.2 Å². The molecular weight excluding hydrogens is 408 g/mol. The van der Waals surface area contributed by atoms with Crippen molar-refractivity contribution in [3.8, 4) is 34.2 Å². The Bertz CT molecular complexity index is 1380. The molecule has 0 radical (unpaired) electrons. The van der Waals surface area contributed by atoms with Crippen molar-refractivity contribution in [3.05, 3.63) is 62.9 Å². The van der Waals surface area contributed by atoms with Gasteiger partial charge in [-0.3, -0.25) is 4.68 Å². The molecule has 154 valence electrons. The second kappa shape index (κ2) is 7.22. The number of ether oxygens (including phenoxy) is 1. The Morgan fingerprint density at radius 2 is 2.10 bits per heavy atom. The maximum Gasteiger partial charge on any atom is 0.170 e. The summed E-state index contributed by atoms with van der Waals surface area (Å²) in [6.07, 6.45) is 2.28. The van der Waals surface area contributed by atoms with Crippen molar-refractivity contribution in [1.29, 1.82) is 5.26 Å². The van der Waals surface area contributed by atoms with Crippen molar-refractivity contribution in [2.75, 3.05) is 5.73 Å². The van der Waals surface area contributed by atoms with Gasteiger partial charge in [-0.2, -0.15) is 10.4 Å². The summed E-state index contributed by atoms with van der Waals surface area (Å²) in [6.45, 7) is 4.41. The molecule has 1 aliphatic heterocycles. The van der Waals surface area contributed by atoms with Crippen LogP contribution in [-0.4, -0.2) is 19.7 Å². The fourth-order valence-electron chi connectivity index (χ4n) is 4.03. The van der Waals surface area contributed by atoms with Gasteiger partial charge in [-0.25, -0.2) is 9.97 Å². The number of rotatable bonds is 0. The average Bonchev–Trinajstić information content (AvgIpc) is 3.26. The number of nitrogens with zero attached hydrogens (tertiary/aromatic N) is 5. The van der Waals surface area contributed by atoms with Crippen molar-refractivity contribution in [2.24, 2.45) is 7.05 Å². The molecule has 1 aromatic carbocycles. The van der Waals surface area contributed by atoms with E-state index < -0.39 is 0 Å². The maximum atomic E-state index is 9.72. The van der Waals surface area contributed by atoms with Crippen molar-refractivity contribution in [2.45, 2.75) is 26.9 Å². The number of nitrogens with two attached hydrogens (primary N) is 1. The van der Waals surface area contributed by atoms with E-state index in [0.717, 1.165) is 49.1 Å². The predicted octanol–water partition coefficient (Wildman–Crippen LogP) is 4.16. The molecule has 0 saturated heterocycles. The van der Waals surface area contributed by atoms with E-state index in [9.17, 15) is 5.26 Å². The highest BCUT2D eigenvalue weighted by atomic mass is 32.1. The third-order valence-corrected chi connectivity index (χ3v) is 6.44. The molecular formula is C23H20N6OS. The highest BCUT2D eigenvalue weighted by Gasteiger charge is 2.24. The molecule has 8 heteroatoms. The minimum absolute atomic E-state index is 0.309. The highest BCUT2D eigenvalue weighted by Crippen LogP contribution is 2.38. The maximum absolute atomic E-state index is 9.72. The van der Waals surface area contributed by atoms with E-state index in [4.69, 9.17) is 15.5 Å². The van der Waals surface area contributed by atoms with Gasteiger partial charge in [0.25, 0.3) is 0 Å². The smallest absolute Gasteiger partial charge is 0.170 e. The van der Waals surface area contributed by atoms with Gasteiger partial charge >= 0.3 is 0 Å². The number of pyridine rings is 1. The average molecular weight is 429 g/mol. The Morgan fingerprint density at radius 3 is 2.90 bits per heavy atom. The molecule has 7 nitrogen and oxygen atoms in total. The summed E-state index contributed by atoms with van der Waals surface area (Å²) in [5, 5.41) is 15.2. The summed E-state index contributed by atoms with van der Waals surface area (Å²) in [6, 6.07) is 10.4. The lowest BCUT2D eigenvalue weighted by molar-refractivity contribution is 0.307. The molecule has 2 N–H and O–H groups in total. The molecule has 0 fully saturated rings. The van der Waals surface area contributed by atoms with Gasteiger partial charge in [-0.15, -0.1) is 11.3 Å². The standard InChI is InChI=1S/C23H20N6OS/c1-12-4-5-16-15(6-12)11-30-19-7-14(10-26-23(19)25)21-17(9-24)28-29(3)18(21)8-20-22(16)27-13(2)31-20/h4-7,10H,8,11H2,1-3H3,(H2,25,26). The molecule has 0 aliphatic carbocycles. The number of thiazole rings is 1. The highest BCUT2D eigenvalue weighted by molar-refractivity contribution is 7.12. The first-order valence-electron chi connectivity index (χ1n) is 9.85. The fourth-order valence-corrected chi connectivity index (χ4v) is 4.99. The second-order valence-electron chi connectivity index (χ2n) is 7.64. The summed E-state index contributed by atoms with van der Waals surface area (Å²) >= 11 is 1.66. The van der Waals surface area contributed by atoms with E-state index in [1.165, 1.54) is 0 Å². The summed E-state index contributed by atoms with van der Waals surface area (Å²) in [5.74, 6) is 0.794. The van der Waals surface area contributed by atoms with Gasteiger partial charge in [-0.05, 0) is 25.5 Å². The monoisotopic (exact) mass is 428 g/mol. The van der Waals surface area contributed by atoms with Crippen LogP contribution in [0.3, 0.4) is 0 Å². The minimum atomic E-state index is 0.309. The zero-order valence-electron chi connectivity index (χ0n) is 17.4. The van der Waals surface area contributed by atoms with Crippen LogP contribution in [0.4, 0.5) is 5.82 Å². The molecule has 31 heavy (non-hydrogen) atoms. The molecule has 0 atom stereocenters. The molecule has 2 bridgehead atoms. The molecule has 0 amide bonds. The van der Waals surface area contributed by atoms with E-state index >= 15 is 0 Å². The van der Waals surface area contributed by atoms with Crippen molar-refractivity contribution in [3.63, 3.8) is 0 Å². The van der Waals surface area contributed by atoms with E-state index in [1.807, 2.05) is 20.0 Å². The number of benzene rings is 1. The van der Waals surface area contributed by atoms with Gasteiger partial charge in [-0.1, -0.05) is 23.8 Å². The van der Waals surface area contributed by atoms with Gasteiger partial charge in [0, 0.05) is 41.2 Å². The third-order valence-electron chi connectivity index (χ3n) is 5.47. The van der Waals surface area contributed by atoms with E-state index in [0.29, 0.717) is 30.3 Å². The topological polar surface area (TPSA) is 103 Å². The fraction of sp³-hybridized carbons (Fsp3) is 0.217. The Balaban J connectivity index is 1.82. The third kappa shape index (κ3) is 3.23.